The zero-order valence-corrected chi connectivity index (χ0v) is 23.7. The van der Waals surface area contributed by atoms with Crippen molar-refractivity contribution in [2.24, 2.45) is 0 Å². The largest absolute Gasteiger partial charge is 0.481 e. The number of hydrogen-bond acceptors (Lipinski definition) is 6. The van der Waals surface area contributed by atoms with Crippen LogP contribution in [0.2, 0.25) is 0 Å². The molecule has 0 radical (unpaired) electrons. The van der Waals surface area contributed by atoms with Crippen LogP contribution in [0.25, 0.3) is 6.08 Å². The molecule has 0 aliphatic carbocycles. The number of benzene rings is 2. The number of hydrogen-bond donors (Lipinski definition) is 1. The van der Waals surface area contributed by atoms with Crippen molar-refractivity contribution < 1.29 is 29.0 Å². The Morgan fingerprint density at radius 1 is 1.08 bits per heavy atom. The SMILES string of the molecule is CCON1C(=O)C(=Cc2cc(C(C)(C)C)c(OCOC)c(C(C)(C)C)c2)Sc2cccc(CC(=O)O)c21. The number of carbonyl (C=O) groups excluding carboxylic acids is 1. The van der Waals surface area contributed by atoms with Gasteiger partial charge in [0.15, 0.2) is 6.79 Å². The van der Waals surface area contributed by atoms with Crippen molar-refractivity contribution in [3.8, 4) is 5.75 Å². The zero-order chi connectivity index (χ0) is 27.5. The van der Waals surface area contributed by atoms with E-state index in [2.05, 4.69) is 53.7 Å². The van der Waals surface area contributed by atoms with E-state index in [1.165, 1.54) is 16.8 Å². The van der Waals surface area contributed by atoms with Gasteiger partial charge in [0.25, 0.3) is 5.91 Å². The van der Waals surface area contributed by atoms with E-state index >= 15 is 0 Å². The number of anilines is 1. The molecule has 0 atom stereocenters. The number of hydroxylamine groups is 1. The Kier molecular flexibility index (Phi) is 8.78. The highest BCUT2D eigenvalue weighted by Gasteiger charge is 2.33. The molecule has 1 amide bonds. The first-order valence-corrected chi connectivity index (χ1v) is 13.1. The molecule has 7 nitrogen and oxygen atoms in total. The molecule has 0 saturated heterocycles. The molecule has 0 saturated carbocycles. The van der Waals surface area contributed by atoms with Crippen LogP contribution in [0.3, 0.4) is 0 Å². The molecule has 3 rings (SSSR count). The van der Waals surface area contributed by atoms with Crippen LogP contribution in [0.5, 0.6) is 5.75 Å². The maximum atomic E-state index is 13.6. The fourth-order valence-corrected chi connectivity index (χ4v) is 5.23. The maximum Gasteiger partial charge on any atom is 0.307 e. The highest BCUT2D eigenvalue weighted by molar-refractivity contribution is 8.04. The molecule has 0 fully saturated rings. The van der Waals surface area contributed by atoms with Crippen molar-refractivity contribution >= 4 is 35.4 Å². The third kappa shape index (κ3) is 6.55. The van der Waals surface area contributed by atoms with Gasteiger partial charge in [0.1, 0.15) is 5.75 Å². The number of methoxy groups -OCH3 is 1. The molecular formula is C29H37NO6S. The second kappa shape index (κ2) is 11.3. The lowest BCUT2D eigenvalue weighted by Crippen LogP contribution is -2.35. The lowest BCUT2D eigenvalue weighted by atomic mass is 9.78. The third-order valence-electron chi connectivity index (χ3n) is 5.85. The molecular weight excluding hydrogens is 490 g/mol. The maximum absolute atomic E-state index is 13.6. The summed E-state index contributed by atoms with van der Waals surface area (Å²) in [6.07, 6.45) is 1.67. The fraction of sp³-hybridized carbons (Fsp3) is 0.448. The number of thioether (sulfide) groups is 1. The van der Waals surface area contributed by atoms with Gasteiger partial charge in [0.05, 0.1) is 23.6 Å². The zero-order valence-electron chi connectivity index (χ0n) is 22.9. The number of fused-ring (bicyclic) bond motifs is 1. The van der Waals surface area contributed by atoms with Gasteiger partial charge in [-0.25, -0.2) is 0 Å². The number of aliphatic carboxylic acids is 1. The summed E-state index contributed by atoms with van der Waals surface area (Å²) in [5.41, 5.74) is 3.48. The number of carboxylic acids is 1. The third-order valence-corrected chi connectivity index (χ3v) is 6.91. The molecule has 200 valence electrons. The van der Waals surface area contributed by atoms with Crippen LogP contribution >= 0.6 is 11.8 Å². The average Bonchev–Trinajstić information content (AvgIpc) is 2.79. The summed E-state index contributed by atoms with van der Waals surface area (Å²) < 4.78 is 11.3. The van der Waals surface area contributed by atoms with Crippen molar-refractivity contribution in [3.05, 3.63) is 57.5 Å². The summed E-state index contributed by atoms with van der Waals surface area (Å²) >= 11 is 1.32. The fourth-order valence-electron chi connectivity index (χ4n) is 4.17. The first kappa shape index (κ1) is 28.8. The molecule has 2 aromatic carbocycles. The Morgan fingerprint density at radius 2 is 1.70 bits per heavy atom. The van der Waals surface area contributed by atoms with E-state index in [-0.39, 0.29) is 36.6 Å². The van der Waals surface area contributed by atoms with Gasteiger partial charge in [-0.2, -0.15) is 5.06 Å². The first-order valence-electron chi connectivity index (χ1n) is 12.3. The predicted octanol–water partition coefficient (Wildman–Crippen LogP) is 6.32. The molecule has 1 aliphatic heterocycles. The Bertz CT molecular complexity index is 1170. The monoisotopic (exact) mass is 527 g/mol. The highest BCUT2D eigenvalue weighted by atomic mass is 32.2. The van der Waals surface area contributed by atoms with Gasteiger partial charge in [-0.1, -0.05) is 65.4 Å². The lowest BCUT2D eigenvalue weighted by Gasteiger charge is -2.31. The topological polar surface area (TPSA) is 85.3 Å². The van der Waals surface area contributed by atoms with Gasteiger partial charge < -0.3 is 14.6 Å². The second-order valence-corrected chi connectivity index (χ2v) is 12.0. The van der Waals surface area contributed by atoms with Crippen LogP contribution in [0, 0.1) is 0 Å². The Hall–Kier alpha value is -2.81. The molecule has 1 heterocycles. The van der Waals surface area contributed by atoms with Gasteiger partial charge in [0.2, 0.25) is 0 Å². The van der Waals surface area contributed by atoms with Gasteiger partial charge in [0, 0.05) is 23.1 Å². The molecule has 1 N–H and O–H groups in total. The number of ether oxygens (including phenoxy) is 2. The Balaban J connectivity index is 2.20. The summed E-state index contributed by atoms with van der Waals surface area (Å²) in [5.74, 6) is -0.499. The average molecular weight is 528 g/mol. The van der Waals surface area contributed by atoms with Crippen molar-refractivity contribution in [1.82, 2.24) is 0 Å². The number of nitrogens with zero attached hydrogens (tertiary/aromatic N) is 1. The van der Waals surface area contributed by atoms with E-state index in [4.69, 9.17) is 14.3 Å². The number of para-hydroxylation sites is 1. The van der Waals surface area contributed by atoms with E-state index in [9.17, 15) is 14.7 Å². The van der Waals surface area contributed by atoms with E-state index in [0.29, 0.717) is 16.2 Å². The Morgan fingerprint density at radius 3 is 2.22 bits per heavy atom. The van der Waals surface area contributed by atoms with Crippen LogP contribution in [0.15, 0.2) is 40.1 Å². The highest BCUT2D eigenvalue weighted by Crippen LogP contribution is 2.46. The molecule has 0 spiro atoms. The normalized spacial score (nSPS) is 15.2. The van der Waals surface area contributed by atoms with Crippen LogP contribution in [0.4, 0.5) is 5.69 Å². The lowest BCUT2D eigenvalue weighted by molar-refractivity contribution is -0.136. The number of carbonyl (C=O) groups is 2. The van der Waals surface area contributed by atoms with Gasteiger partial charge in [-0.15, -0.1) is 0 Å². The Labute approximate surface area is 223 Å². The molecule has 1 aliphatic rings. The minimum atomic E-state index is -0.969. The van der Waals surface area contributed by atoms with Crippen molar-refractivity contribution in [3.63, 3.8) is 0 Å². The molecule has 0 unspecified atom stereocenters. The summed E-state index contributed by atoms with van der Waals surface area (Å²) in [6.45, 7) is 15.0. The molecule has 0 aromatic heterocycles. The second-order valence-electron chi connectivity index (χ2n) is 11.0. The van der Waals surface area contributed by atoms with Gasteiger partial charge in [-0.05, 0) is 53.2 Å². The summed E-state index contributed by atoms with van der Waals surface area (Å²) in [6, 6.07) is 9.51. The number of amides is 1. The molecule has 37 heavy (non-hydrogen) atoms. The molecule has 0 bridgehead atoms. The van der Waals surface area contributed by atoms with Crippen LogP contribution < -0.4 is 9.80 Å². The van der Waals surface area contributed by atoms with Crippen molar-refractivity contribution in [1.29, 1.82) is 0 Å². The number of carboxylic acid groups (broad SMARTS) is 1. The van der Waals surface area contributed by atoms with E-state index < -0.39 is 5.97 Å². The van der Waals surface area contributed by atoms with Crippen LogP contribution in [-0.2, 0) is 36.4 Å². The minimum Gasteiger partial charge on any atom is -0.481 e. The van der Waals surface area contributed by atoms with E-state index in [1.54, 1.807) is 26.2 Å². The minimum absolute atomic E-state index is 0.139. The van der Waals surface area contributed by atoms with Crippen molar-refractivity contribution in [2.75, 3.05) is 25.6 Å². The number of rotatable bonds is 8. The molecule has 8 heteroatoms. The summed E-state index contributed by atoms with van der Waals surface area (Å²) in [7, 11) is 1.60. The quantitative estimate of drug-likeness (QED) is 0.317. The van der Waals surface area contributed by atoms with Crippen LogP contribution in [-0.4, -0.2) is 37.5 Å². The first-order chi connectivity index (χ1) is 17.3. The van der Waals surface area contributed by atoms with Crippen molar-refractivity contribution in [2.45, 2.75) is 70.6 Å². The predicted molar refractivity (Wildman–Crippen MR) is 147 cm³/mol. The van der Waals surface area contributed by atoms with Gasteiger partial charge >= 0.3 is 5.97 Å². The van der Waals surface area contributed by atoms with E-state index in [0.717, 1.165) is 27.3 Å². The standard InChI is InChI=1S/C29H37NO6S/c1-9-36-30-25-19(16-24(31)32)11-10-12-22(25)37-23(27(30)33)15-18-13-20(28(2,3)4)26(35-17-34-8)21(14-18)29(5,6)7/h10-15H,9,16-17H2,1-8H3,(H,31,32). The van der Waals surface area contributed by atoms with Gasteiger partial charge in [-0.3, -0.25) is 14.4 Å². The van der Waals surface area contributed by atoms with Crippen LogP contribution in [0.1, 0.15) is 70.7 Å². The van der Waals surface area contributed by atoms with E-state index in [1.807, 2.05) is 12.1 Å². The smallest absolute Gasteiger partial charge is 0.307 e. The summed E-state index contributed by atoms with van der Waals surface area (Å²) in [4.78, 5) is 32.0. The molecule has 2 aromatic rings. The summed E-state index contributed by atoms with van der Waals surface area (Å²) in [5, 5.41) is 10.6.